The van der Waals surface area contributed by atoms with Gasteiger partial charge in [0.05, 0.1) is 24.8 Å². The summed E-state index contributed by atoms with van der Waals surface area (Å²) in [6, 6.07) is 20.8. The summed E-state index contributed by atoms with van der Waals surface area (Å²) < 4.78 is 10.8. The minimum absolute atomic E-state index is 0.0236. The fraction of sp³-hybridized carbons (Fsp3) is 0.222. The zero-order chi connectivity index (χ0) is 24.9. The molecule has 0 atom stereocenters. The van der Waals surface area contributed by atoms with Crippen LogP contribution >= 0.6 is 0 Å². The van der Waals surface area contributed by atoms with Crippen LogP contribution in [0.3, 0.4) is 0 Å². The Morgan fingerprint density at radius 2 is 1.60 bits per heavy atom. The second kappa shape index (κ2) is 10.3. The smallest absolute Gasteiger partial charge is 0.411 e. The van der Waals surface area contributed by atoms with E-state index in [1.165, 1.54) is 25.1 Å². The molecule has 3 aromatic rings. The highest BCUT2D eigenvalue weighted by Gasteiger charge is 2.29. The van der Waals surface area contributed by atoms with Crippen LogP contribution in [0.4, 0.5) is 10.5 Å². The van der Waals surface area contributed by atoms with Gasteiger partial charge in [-0.1, -0.05) is 48.5 Å². The third-order valence-corrected chi connectivity index (χ3v) is 6.05. The van der Waals surface area contributed by atoms with Crippen LogP contribution < -0.4 is 10.1 Å². The molecule has 2 N–H and O–H groups in total. The Hall–Kier alpha value is -4.33. The molecule has 2 amide bonds. The SMILES string of the molecule is COc1ccc(NC(=O)OCC2c3ccccc3-c3ccccc32)c(C(=O)N(C)CCC(=O)O)c1. The molecular weight excluding hydrogens is 448 g/mol. The van der Waals surface area contributed by atoms with Crippen molar-refractivity contribution in [3.63, 3.8) is 0 Å². The van der Waals surface area contributed by atoms with Crippen molar-refractivity contribution in [1.29, 1.82) is 0 Å². The van der Waals surface area contributed by atoms with Crippen LogP contribution in [-0.4, -0.2) is 55.3 Å². The molecule has 4 rings (SSSR count). The Morgan fingerprint density at radius 1 is 0.971 bits per heavy atom. The Balaban J connectivity index is 1.49. The number of carboxylic acids is 1. The Labute approximate surface area is 203 Å². The number of fused-ring (bicyclic) bond motifs is 3. The van der Waals surface area contributed by atoms with E-state index in [0.29, 0.717) is 5.75 Å². The van der Waals surface area contributed by atoms with Crippen molar-refractivity contribution in [3.05, 3.63) is 83.4 Å². The predicted molar refractivity (Wildman–Crippen MR) is 131 cm³/mol. The average Bonchev–Trinajstić information content (AvgIpc) is 3.19. The molecule has 180 valence electrons. The van der Waals surface area contributed by atoms with Crippen molar-refractivity contribution in [2.45, 2.75) is 12.3 Å². The number of nitrogens with one attached hydrogen (secondary N) is 1. The lowest BCUT2D eigenvalue weighted by molar-refractivity contribution is -0.137. The van der Waals surface area contributed by atoms with Crippen LogP contribution in [-0.2, 0) is 9.53 Å². The van der Waals surface area contributed by atoms with Gasteiger partial charge in [-0.25, -0.2) is 4.79 Å². The molecule has 0 heterocycles. The van der Waals surface area contributed by atoms with Crippen molar-refractivity contribution in [2.75, 3.05) is 32.6 Å². The van der Waals surface area contributed by atoms with Crippen LogP contribution in [0.25, 0.3) is 11.1 Å². The van der Waals surface area contributed by atoms with E-state index in [2.05, 4.69) is 17.4 Å². The Kier molecular flexibility index (Phi) is 7.01. The monoisotopic (exact) mass is 474 g/mol. The van der Waals surface area contributed by atoms with Gasteiger partial charge in [0.25, 0.3) is 5.91 Å². The van der Waals surface area contributed by atoms with Gasteiger partial charge in [0.2, 0.25) is 0 Å². The lowest BCUT2D eigenvalue weighted by Crippen LogP contribution is -2.30. The number of anilines is 1. The largest absolute Gasteiger partial charge is 0.497 e. The van der Waals surface area contributed by atoms with Gasteiger partial charge in [-0.05, 0) is 40.5 Å². The van der Waals surface area contributed by atoms with Crippen molar-refractivity contribution in [1.82, 2.24) is 4.90 Å². The number of carboxylic acid groups (broad SMARTS) is 1. The maximum Gasteiger partial charge on any atom is 0.411 e. The summed E-state index contributed by atoms with van der Waals surface area (Å²) in [7, 11) is 2.97. The number of carbonyl (C=O) groups is 3. The molecule has 0 saturated heterocycles. The first-order chi connectivity index (χ1) is 16.9. The second-order valence-corrected chi connectivity index (χ2v) is 8.23. The number of amides is 2. The molecule has 8 heteroatoms. The molecule has 0 aliphatic heterocycles. The molecular formula is C27H26N2O6. The molecule has 8 nitrogen and oxygen atoms in total. The molecule has 3 aromatic carbocycles. The van der Waals surface area contributed by atoms with E-state index in [4.69, 9.17) is 14.6 Å². The minimum Gasteiger partial charge on any atom is -0.497 e. The van der Waals surface area contributed by atoms with Crippen LogP contribution in [0.1, 0.15) is 33.8 Å². The molecule has 0 spiro atoms. The first-order valence-corrected chi connectivity index (χ1v) is 11.2. The summed E-state index contributed by atoms with van der Waals surface area (Å²) in [6.45, 7) is 0.160. The van der Waals surface area contributed by atoms with Gasteiger partial charge in [0.1, 0.15) is 12.4 Å². The topological polar surface area (TPSA) is 105 Å². The quantitative estimate of drug-likeness (QED) is 0.494. The van der Waals surface area contributed by atoms with Crippen molar-refractivity contribution >= 4 is 23.7 Å². The molecule has 0 unspecified atom stereocenters. The summed E-state index contributed by atoms with van der Waals surface area (Å²) in [5, 5.41) is 11.6. The van der Waals surface area contributed by atoms with Crippen LogP contribution in [0.5, 0.6) is 5.75 Å². The number of hydrogen-bond acceptors (Lipinski definition) is 5. The Morgan fingerprint density at radius 3 is 2.20 bits per heavy atom. The summed E-state index contributed by atoms with van der Waals surface area (Å²) in [5.41, 5.74) is 4.87. The molecule has 0 fully saturated rings. The normalized spacial score (nSPS) is 11.8. The Bertz CT molecular complexity index is 1230. The number of hydrogen-bond donors (Lipinski definition) is 2. The lowest BCUT2D eigenvalue weighted by Gasteiger charge is -2.19. The third-order valence-electron chi connectivity index (χ3n) is 6.05. The molecule has 1 aliphatic carbocycles. The van der Waals surface area contributed by atoms with Crippen LogP contribution in [0.2, 0.25) is 0 Å². The number of carbonyl (C=O) groups excluding carboxylic acids is 2. The van der Waals surface area contributed by atoms with E-state index < -0.39 is 18.0 Å². The molecule has 0 radical (unpaired) electrons. The van der Waals surface area contributed by atoms with Gasteiger partial charge >= 0.3 is 12.1 Å². The molecule has 0 saturated carbocycles. The van der Waals surface area contributed by atoms with E-state index in [-0.39, 0.29) is 36.7 Å². The van der Waals surface area contributed by atoms with Gasteiger partial charge in [0.15, 0.2) is 0 Å². The van der Waals surface area contributed by atoms with Gasteiger partial charge in [-0.2, -0.15) is 0 Å². The van der Waals surface area contributed by atoms with Crippen molar-refractivity contribution < 1.29 is 29.0 Å². The number of rotatable bonds is 8. The minimum atomic E-state index is -1.01. The van der Waals surface area contributed by atoms with E-state index >= 15 is 0 Å². The summed E-state index contributed by atoms with van der Waals surface area (Å²) in [6.07, 6.45) is -0.888. The zero-order valence-corrected chi connectivity index (χ0v) is 19.5. The second-order valence-electron chi connectivity index (χ2n) is 8.23. The third kappa shape index (κ3) is 5.11. The van der Waals surface area contributed by atoms with Gasteiger partial charge in [-0.3, -0.25) is 14.9 Å². The number of methoxy groups -OCH3 is 1. The zero-order valence-electron chi connectivity index (χ0n) is 19.5. The van der Waals surface area contributed by atoms with Crippen molar-refractivity contribution in [2.24, 2.45) is 0 Å². The highest BCUT2D eigenvalue weighted by molar-refractivity contribution is 6.03. The molecule has 1 aliphatic rings. The van der Waals surface area contributed by atoms with Crippen LogP contribution in [0, 0.1) is 0 Å². The predicted octanol–water partition coefficient (Wildman–Crippen LogP) is 4.60. The standard InChI is InChI=1S/C27H26N2O6/c1-29(14-13-25(30)31)26(32)22-15-17(34-2)11-12-24(22)28-27(33)35-16-23-20-9-5-3-7-18(20)19-8-4-6-10-21(19)23/h3-12,15,23H,13-14,16H2,1-2H3,(H,28,33)(H,30,31). The number of aliphatic carboxylic acids is 1. The van der Waals surface area contributed by atoms with E-state index in [1.807, 2.05) is 36.4 Å². The highest BCUT2D eigenvalue weighted by Crippen LogP contribution is 2.44. The maximum absolute atomic E-state index is 13.0. The van der Waals surface area contributed by atoms with Gasteiger partial charge in [0, 0.05) is 19.5 Å². The fourth-order valence-corrected chi connectivity index (χ4v) is 4.25. The van der Waals surface area contributed by atoms with E-state index in [1.54, 1.807) is 12.1 Å². The maximum atomic E-state index is 13.0. The van der Waals surface area contributed by atoms with Gasteiger partial charge < -0.3 is 19.5 Å². The lowest BCUT2D eigenvalue weighted by atomic mass is 9.98. The summed E-state index contributed by atoms with van der Waals surface area (Å²) in [5.74, 6) is -1.11. The number of ether oxygens (including phenoxy) is 2. The summed E-state index contributed by atoms with van der Waals surface area (Å²) in [4.78, 5) is 37.9. The van der Waals surface area contributed by atoms with E-state index in [9.17, 15) is 14.4 Å². The number of nitrogens with zero attached hydrogens (tertiary/aromatic N) is 1. The van der Waals surface area contributed by atoms with Crippen molar-refractivity contribution in [3.8, 4) is 16.9 Å². The molecule has 0 bridgehead atoms. The number of benzene rings is 3. The first kappa shape index (κ1) is 23.8. The van der Waals surface area contributed by atoms with Gasteiger partial charge in [-0.15, -0.1) is 0 Å². The molecule has 35 heavy (non-hydrogen) atoms. The fourth-order valence-electron chi connectivity index (χ4n) is 4.25. The molecule has 0 aromatic heterocycles. The average molecular weight is 475 g/mol. The first-order valence-electron chi connectivity index (χ1n) is 11.2. The van der Waals surface area contributed by atoms with Crippen LogP contribution in [0.15, 0.2) is 66.7 Å². The summed E-state index contributed by atoms with van der Waals surface area (Å²) >= 11 is 0. The highest BCUT2D eigenvalue weighted by atomic mass is 16.5. The van der Waals surface area contributed by atoms with E-state index in [0.717, 1.165) is 22.3 Å².